The van der Waals surface area contributed by atoms with Gasteiger partial charge in [0.2, 0.25) is 0 Å². The van der Waals surface area contributed by atoms with Gasteiger partial charge in [-0.05, 0) is 19.3 Å². The van der Waals surface area contributed by atoms with E-state index in [9.17, 15) is 0 Å². The molecule has 17 heavy (non-hydrogen) atoms. The van der Waals surface area contributed by atoms with Crippen LogP contribution in [0, 0.1) is 0 Å². The normalized spacial score (nSPS) is 20.3. The lowest BCUT2D eigenvalue weighted by Crippen LogP contribution is -2.29. The maximum Gasteiger partial charge on any atom is 0.135 e. The first kappa shape index (κ1) is 12.6. The molecule has 0 aromatic carbocycles. The lowest BCUT2D eigenvalue weighted by molar-refractivity contribution is 0.636. The molecule has 3 nitrogen and oxygen atoms in total. The summed E-state index contributed by atoms with van der Waals surface area (Å²) in [7, 11) is 0. The number of hydrogen-bond donors (Lipinski definition) is 0. The molecule has 1 atom stereocenters. The van der Waals surface area contributed by atoms with Crippen LogP contribution < -0.4 is 4.90 Å². The molecular formula is C13H20ClN3. The zero-order chi connectivity index (χ0) is 12.4. The molecule has 0 N–H and O–H groups in total. The molecule has 1 fully saturated rings. The quantitative estimate of drug-likeness (QED) is 0.771. The molecular weight excluding hydrogens is 234 g/mol. The van der Waals surface area contributed by atoms with E-state index in [1.165, 1.54) is 19.3 Å². The zero-order valence-electron chi connectivity index (χ0n) is 10.8. The van der Waals surface area contributed by atoms with E-state index in [1.807, 2.05) is 6.07 Å². The predicted molar refractivity (Wildman–Crippen MR) is 71.8 cm³/mol. The summed E-state index contributed by atoms with van der Waals surface area (Å²) in [6, 6.07) is 2.50. The lowest BCUT2D eigenvalue weighted by Gasteiger charge is -2.25. The van der Waals surface area contributed by atoms with Gasteiger partial charge in [-0.2, -0.15) is 0 Å². The second-order valence-electron chi connectivity index (χ2n) is 4.96. The minimum Gasteiger partial charge on any atom is -0.353 e. The molecule has 4 heteroatoms. The van der Waals surface area contributed by atoms with Gasteiger partial charge in [-0.25, -0.2) is 9.97 Å². The highest BCUT2D eigenvalue weighted by Gasteiger charge is 2.25. The summed E-state index contributed by atoms with van der Waals surface area (Å²) in [5.41, 5.74) is 0. The molecule has 1 aromatic rings. The number of halogens is 1. The van der Waals surface area contributed by atoms with Gasteiger partial charge in [-0.15, -0.1) is 0 Å². The third-order valence-corrected chi connectivity index (χ3v) is 3.55. The van der Waals surface area contributed by atoms with Crippen LogP contribution >= 0.6 is 11.6 Å². The van der Waals surface area contributed by atoms with Crippen molar-refractivity contribution in [3.05, 3.63) is 17.0 Å². The lowest BCUT2D eigenvalue weighted by atomic mass is 10.2. The van der Waals surface area contributed by atoms with E-state index in [-0.39, 0.29) is 0 Å². The van der Waals surface area contributed by atoms with Gasteiger partial charge in [-0.3, -0.25) is 0 Å². The monoisotopic (exact) mass is 253 g/mol. The van der Waals surface area contributed by atoms with Crippen LogP contribution in [0.15, 0.2) is 6.07 Å². The molecule has 94 valence electrons. The zero-order valence-corrected chi connectivity index (χ0v) is 11.5. The fraction of sp³-hybridized carbons (Fsp3) is 0.692. The molecule has 1 unspecified atom stereocenters. The van der Waals surface area contributed by atoms with Crippen LogP contribution in [0.4, 0.5) is 5.82 Å². The van der Waals surface area contributed by atoms with Gasteiger partial charge in [0, 0.05) is 24.6 Å². The summed E-state index contributed by atoms with van der Waals surface area (Å²) in [5, 5.41) is 0.556. The standard InChI is InChI=1S/C13H20ClN3/c1-4-10-6-5-7-17(10)12-8-11(14)15-13(16-12)9(2)3/h8-10H,4-7H2,1-3H3. The van der Waals surface area contributed by atoms with Gasteiger partial charge in [0.1, 0.15) is 16.8 Å². The molecule has 0 bridgehead atoms. The second-order valence-corrected chi connectivity index (χ2v) is 5.35. The Morgan fingerprint density at radius 1 is 1.47 bits per heavy atom. The smallest absolute Gasteiger partial charge is 0.135 e. The number of anilines is 1. The molecule has 0 saturated carbocycles. The largest absolute Gasteiger partial charge is 0.353 e. The number of hydrogen-bond acceptors (Lipinski definition) is 3. The van der Waals surface area contributed by atoms with Gasteiger partial charge in [0.25, 0.3) is 0 Å². The molecule has 0 spiro atoms. The molecule has 1 saturated heterocycles. The summed E-state index contributed by atoms with van der Waals surface area (Å²) in [6.07, 6.45) is 3.67. The molecule has 0 amide bonds. The van der Waals surface area contributed by atoms with E-state index in [4.69, 9.17) is 11.6 Å². The van der Waals surface area contributed by atoms with Gasteiger partial charge in [0.15, 0.2) is 0 Å². The second kappa shape index (κ2) is 5.21. The van der Waals surface area contributed by atoms with Crippen LogP contribution in [-0.2, 0) is 0 Å². The summed E-state index contributed by atoms with van der Waals surface area (Å²) < 4.78 is 0. The Labute approximate surface area is 108 Å². The van der Waals surface area contributed by atoms with E-state index in [2.05, 4.69) is 35.6 Å². The van der Waals surface area contributed by atoms with Crippen molar-refractivity contribution in [1.29, 1.82) is 0 Å². The molecule has 0 aliphatic carbocycles. The third-order valence-electron chi connectivity index (χ3n) is 3.36. The van der Waals surface area contributed by atoms with Crippen molar-refractivity contribution in [1.82, 2.24) is 9.97 Å². The van der Waals surface area contributed by atoms with E-state index in [0.29, 0.717) is 17.1 Å². The van der Waals surface area contributed by atoms with Crippen LogP contribution in [0.3, 0.4) is 0 Å². The van der Waals surface area contributed by atoms with Gasteiger partial charge in [0.05, 0.1) is 0 Å². The summed E-state index contributed by atoms with van der Waals surface area (Å²) in [6.45, 7) is 7.51. The van der Waals surface area contributed by atoms with Crippen LogP contribution in [0.2, 0.25) is 5.15 Å². The van der Waals surface area contributed by atoms with Crippen molar-refractivity contribution in [2.45, 2.75) is 52.0 Å². The minimum atomic E-state index is 0.315. The van der Waals surface area contributed by atoms with Crippen molar-refractivity contribution in [2.24, 2.45) is 0 Å². The Morgan fingerprint density at radius 3 is 2.88 bits per heavy atom. The number of nitrogens with zero attached hydrogens (tertiary/aromatic N) is 3. The molecule has 1 aliphatic rings. The Balaban J connectivity index is 2.31. The molecule has 2 rings (SSSR count). The maximum atomic E-state index is 6.09. The van der Waals surface area contributed by atoms with Crippen LogP contribution in [-0.4, -0.2) is 22.6 Å². The predicted octanol–water partition coefficient (Wildman–Crippen LogP) is 3.63. The van der Waals surface area contributed by atoms with Gasteiger partial charge >= 0.3 is 0 Å². The average Bonchev–Trinajstić information content (AvgIpc) is 2.76. The van der Waals surface area contributed by atoms with Crippen LogP contribution in [0.25, 0.3) is 0 Å². The highest BCUT2D eigenvalue weighted by molar-refractivity contribution is 6.29. The number of aromatic nitrogens is 2. The van der Waals surface area contributed by atoms with E-state index < -0.39 is 0 Å². The van der Waals surface area contributed by atoms with Crippen molar-refractivity contribution in [3.8, 4) is 0 Å². The molecule has 2 heterocycles. The highest BCUT2D eigenvalue weighted by atomic mass is 35.5. The molecule has 0 radical (unpaired) electrons. The maximum absolute atomic E-state index is 6.09. The van der Waals surface area contributed by atoms with Crippen molar-refractivity contribution in [3.63, 3.8) is 0 Å². The Morgan fingerprint density at radius 2 is 2.24 bits per heavy atom. The van der Waals surface area contributed by atoms with E-state index in [1.54, 1.807) is 0 Å². The topological polar surface area (TPSA) is 29.0 Å². The van der Waals surface area contributed by atoms with Crippen molar-refractivity contribution in [2.75, 3.05) is 11.4 Å². The average molecular weight is 254 g/mol. The summed E-state index contributed by atoms with van der Waals surface area (Å²) >= 11 is 6.09. The highest BCUT2D eigenvalue weighted by Crippen LogP contribution is 2.28. The van der Waals surface area contributed by atoms with Crippen LogP contribution in [0.1, 0.15) is 51.8 Å². The summed E-state index contributed by atoms with van der Waals surface area (Å²) in [5.74, 6) is 2.16. The van der Waals surface area contributed by atoms with E-state index >= 15 is 0 Å². The van der Waals surface area contributed by atoms with Gasteiger partial charge < -0.3 is 4.90 Å². The van der Waals surface area contributed by atoms with Gasteiger partial charge in [-0.1, -0.05) is 32.4 Å². The number of rotatable bonds is 3. The fourth-order valence-electron chi connectivity index (χ4n) is 2.39. The first-order chi connectivity index (χ1) is 8.11. The van der Waals surface area contributed by atoms with Crippen LogP contribution in [0.5, 0.6) is 0 Å². The first-order valence-electron chi connectivity index (χ1n) is 6.43. The Hall–Kier alpha value is -0.830. The minimum absolute atomic E-state index is 0.315. The SMILES string of the molecule is CCC1CCCN1c1cc(Cl)nc(C(C)C)n1. The fourth-order valence-corrected chi connectivity index (χ4v) is 2.57. The third kappa shape index (κ3) is 2.71. The Bertz CT molecular complexity index is 392. The van der Waals surface area contributed by atoms with Crippen molar-refractivity contribution < 1.29 is 0 Å². The van der Waals surface area contributed by atoms with Crippen molar-refractivity contribution >= 4 is 17.4 Å². The first-order valence-corrected chi connectivity index (χ1v) is 6.80. The molecule has 1 aliphatic heterocycles. The van der Waals surface area contributed by atoms with E-state index in [0.717, 1.165) is 18.2 Å². The Kier molecular flexibility index (Phi) is 3.87. The molecule has 1 aromatic heterocycles. The summed E-state index contributed by atoms with van der Waals surface area (Å²) in [4.78, 5) is 11.3.